The molecule has 2 rings (SSSR count). The third kappa shape index (κ3) is 5.75. The number of nitrogens with two attached hydrogens (primary N) is 2. The lowest BCUT2D eigenvalue weighted by Crippen LogP contribution is -2.02. The third-order valence-corrected chi connectivity index (χ3v) is 2.14. The topological polar surface area (TPSA) is 77.8 Å². The maximum Gasteiger partial charge on any atom is 0.0300 e. The average Bonchev–Trinajstić information content (AvgIpc) is 2.42. The van der Waals surface area contributed by atoms with E-state index >= 15 is 0 Å². The number of aromatic nitrogens is 2. The smallest absolute Gasteiger partial charge is 0.0300 e. The third-order valence-electron chi connectivity index (χ3n) is 2.14. The van der Waals surface area contributed by atoms with Gasteiger partial charge in [0.1, 0.15) is 0 Å². The molecule has 4 N–H and O–H groups in total. The van der Waals surface area contributed by atoms with Crippen molar-refractivity contribution in [2.75, 3.05) is 6.54 Å². The van der Waals surface area contributed by atoms with Crippen LogP contribution in [0.1, 0.15) is 11.1 Å². The average molecular weight is 230 g/mol. The van der Waals surface area contributed by atoms with Crippen LogP contribution in [0.2, 0.25) is 0 Å². The SMILES string of the molecule is NCCc1cccnc1.NCc1ccncc1. The number of hydrogen-bond acceptors (Lipinski definition) is 4. The van der Waals surface area contributed by atoms with Gasteiger partial charge in [-0.05, 0) is 42.3 Å². The molecule has 0 unspecified atom stereocenters. The van der Waals surface area contributed by atoms with E-state index in [0.717, 1.165) is 12.0 Å². The van der Waals surface area contributed by atoms with Crippen LogP contribution in [0.3, 0.4) is 0 Å². The maximum atomic E-state index is 5.33. The monoisotopic (exact) mass is 230 g/mol. The van der Waals surface area contributed by atoms with Gasteiger partial charge in [-0.1, -0.05) is 6.07 Å². The lowest BCUT2D eigenvalue weighted by Gasteiger charge is -1.93. The van der Waals surface area contributed by atoms with E-state index in [-0.39, 0.29) is 0 Å². The normalized spacial score (nSPS) is 9.29. The summed E-state index contributed by atoms with van der Waals surface area (Å²) < 4.78 is 0. The summed E-state index contributed by atoms with van der Waals surface area (Å²) in [6.45, 7) is 1.30. The van der Waals surface area contributed by atoms with E-state index in [2.05, 4.69) is 9.97 Å². The predicted molar refractivity (Wildman–Crippen MR) is 69.1 cm³/mol. The van der Waals surface area contributed by atoms with Crippen molar-refractivity contribution in [2.45, 2.75) is 13.0 Å². The zero-order valence-corrected chi connectivity index (χ0v) is 9.79. The van der Waals surface area contributed by atoms with Crippen molar-refractivity contribution in [1.29, 1.82) is 0 Å². The molecule has 4 nitrogen and oxygen atoms in total. The molecule has 2 heterocycles. The van der Waals surface area contributed by atoms with Crippen LogP contribution in [-0.4, -0.2) is 16.5 Å². The van der Waals surface area contributed by atoms with Crippen LogP contribution < -0.4 is 11.5 Å². The van der Waals surface area contributed by atoms with Crippen LogP contribution in [0.25, 0.3) is 0 Å². The van der Waals surface area contributed by atoms with Crippen molar-refractivity contribution in [3.05, 3.63) is 60.2 Å². The molecule has 4 heteroatoms. The van der Waals surface area contributed by atoms with Gasteiger partial charge >= 0.3 is 0 Å². The summed E-state index contributed by atoms with van der Waals surface area (Å²) in [6, 6.07) is 7.75. The first-order valence-corrected chi connectivity index (χ1v) is 5.54. The first-order valence-electron chi connectivity index (χ1n) is 5.54. The van der Waals surface area contributed by atoms with Crippen LogP contribution in [0.4, 0.5) is 0 Å². The summed E-state index contributed by atoms with van der Waals surface area (Å²) in [6.07, 6.45) is 8.01. The largest absolute Gasteiger partial charge is 0.330 e. The molecule has 2 aromatic heterocycles. The molecule has 0 radical (unpaired) electrons. The second-order valence-corrected chi connectivity index (χ2v) is 3.46. The van der Waals surface area contributed by atoms with Gasteiger partial charge in [0.25, 0.3) is 0 Å². The first kappa shape index (κ1) is 13.3. The van der Waals surface area contributed by atoms with Crippen molar-refractivity contribution >= 4 is 0 Å². The van der Waals surface area contributed by atoms with Gasteiger partial charge in [0.05, 0.1) is 0 Å². The fourth-order valence-corrected chi connectivity index (χ4v) is 1.23. The molecular formula is C13H18N4. The molecule has 2 aromatic rings. The molecule has 0 atom stereocenters. The molecule has 0 aromatic carbocycles. The van der Waals surface area contributed by atoms with E-state index in [4.69, 9.17) is 11.5 Å². The molecule has 0 saturated carbocycles. The lowest BCUT2D eigenvalue weighted by molar-refractivity contribution is 0.959. The second-order valence-electron chi connectivity index (χ2n) is 3.46. The van der Waals surface area contributed by atoms with Gasteiger partial charge < -0.3 is 11.5 Å². The van der Waals surface area contributed by atoms with Crippen LogP contribution in [0, 0.1) is 0 Å². The predicted octanol–water partition coefficient (Wildman–Crippen LogP) is 1.12. The van der Waals surface area contributed by atoms with E-state index in [1.807, 2.05) is 30.5 Å². The Morgan fingerprint density at radius 3 is 2.12 bits per heavy atom. The minimum Gasteiger partial charge on any atom is -0.330 e. The number of rotatable bonds is 3. The van der Waals surface area contributed by atoms with Gasteiger partial charge in [0.15, 0.2) is 0 Å². The van der Waals surface area contributed by atoms with E-state index in [1.54, 1.807) is 18.6 Å². The summed E-state index contributed by atoms with van der Waals surface area (Å²) in [5.74, 6) is 0. The van der Waals surface area contributed by atoms with E-state index in [9.17, 15) is 0 Å². The summed E-state index contributed by atoms with van der Waals surface area (Å²) in [7, 11) is 0. The van der Waals surface area contributed by atoms with E-state index < -0.39 is 0 Å². The molecule has 0 aliphatic carbocycles. The molecule has 0 fully saturated rings. The second kappa shape index (κ2) is 8.38. The Morgan fingerprint density at radius 2 is 1.65 bits per heavy atom. The first-order chi connectivity index (χ1) is 8.36. The van der Waals surface area contributed by atoms with Crippen molar-refractivity contribution in [1.82, 2.24) is 9.97 Å². The zero-order valence-electron chi connectivity index (χ0n) is 9.79. The quantitative estimate of drug-likeness (QED) is 0.828. The van der Waals surface area contributed by atoms with Gasteiger partial charge in [0.2, 0.25) is 0 Å². The van der Waals surface area contributed by atoms with Gasteiger partial charge in [-0.15, -0.1) is 0 Å². The zero-order chi connectivity index (χ0) is 12.3. The molecule has 0 amide bonds. The van der Waals surface area contributed by atoms with Crippen LogP contribution in [0.5, 0.6) is 0 Å². The van der Waals surface area contributed by atoms with Gasteiger partial charge in [0, 0.05) is 31.3 Å². The summed E-state index contributed by atoms with van der Waals surface area (Å²) >= 11 is 0. The van der Waals surface area contributed by atoms with Crippen molar-refractivity contribution < 1.29 is 0 Å². The molecule has 17 heavy (non-hydrogen) atoms. The Bertz CT molecular complexity index is 389. The molecule has 0 saturated heterocycles. The maximum absolute atomic E-state index is 5.33. The minimum atomic E-state index is 0.600. The Balaban J connectivity index is 0.000000171. The van der Waals surface area contributed by atoms with Crippen LogP contribution in [0.15, 0.2) is 49.1 Å². The number of nitrogens with zero attached hydrogens (tertiary/aromatic N) is 2. The Kier molecular flexibility index (Phi) is 6.55. The Labute approximate surface area is 102 Å². The Hall–Kier alpha value is -1.78. The lowest BCUT2D eigenvalue weighted by atomic mass is 10.2. The fraction of sp³-hybridized carbons (Fsp3) is 0.231. The minimum absolute atomic E-state index is 0.600. The van der Waals surface area contributed by atoms with Gasteiger partial charge in [-0.25, -0.2) is 0 Å². The molecule has 0 aliphatic heterocycles. The Morgan fingerprint density at radius 1 is 0.882 bits per heavy atom. The summed E-state index contributed by atoms with van der Waals surface area (Å²) in [4.78, 5) is 7.79. The molecule has 0 aliphatic rings. The van der Waals surface area contributed by atoms with Crippen molar-refractivity contribution in [3.8, 4) is 0 Å². The molecule has 0 spiro atoms. The number of pyridine rings is 2. The van der Waals surface area contributed by atoms with Crippen LogP contribution in [-0.2, 0) is 13.0 Å². The van der Waals surface area contributed by atoms with Crippen molar-refractivity contribution in [3.63, 3.8) is 0 Å². The molecular weight excluding hydrogens is 212 g/mol. The summed E-state index contributed by atoms with van der Waals surface area (Å²) in [5.41, 5.74) is 13.0. The highest BCUT2D eigenvalue weighted by atomic mass is 14.6. The highest BCUT2D eigenvalue weighted by Gasteiger charge is 1.85. The van der Waals surface area contributed by atoms with Crippen molar-refractivity contribution in [2.24, 2.45) is 11.5 Å². The van der Waals surface area contributed by atoms with Gasteiger partial charge in [-0.3, -0.25) is 9.97 Å². The highest BCUT2D eigenvalue weighted by Crippen LogP contribution is 1.93. The van der Waals surface area contributed by atoms with Crippen LogP contribution >= 0.6 is 0 Å². The van der Waals surface area contributed by atoms with Gasteiger partial charge in [-0.2, -0.15) is 0 Å². The van der Waals surface area contributed by atoms with E-state index in [0.29, 0.717) is 13.1 Å². The van der Waals surface area contributed by atoms with E-state index in [1.165, 1.54) is 5.56 Å². The molecule has 90 valence electrons. The fourth-order valence-electron chi connectivity index (χ4n) is 1.23. The summed E-state index contributed by atoms with van der Waals surface area (Å²) in [5, 5.41) is 0. The standard InChI is InChI=1S/C7H10N2.C6H8N2/c8-4-3-7-2-1-5-9-6-7;7-5-6-1-3-8-4-2-6/h1-2,5-6H,3-4,8H2;1-4H,5,7H2. The number of hydrogen-bond donors (Lipinski definition) is 2. The molecule has 0 bridgehead atoms. The highest BCUT2D eigenvalue weighted by molar-refractivity contribution is 5.08.